The van der Waals surface area contributed by atoms with Crippen LogP contribution in [0.25, 0.3) is 0 Å². The first-order valence-corrected chi connectivity index (χ1v) is 2.04. The fourth-order valence-electron chi connectivity index (χ4n) is 0.237. The van der Waals surface area contributed by atoms with E-state index in [-0.39, 0.29) is 0 Å². The SMILES string of the molecule is C=CC=C(C#N)N=C. The first-order chi connectivity index (χ1) is 3.85. The molecule has 0 aromatic heterocycles. The molecular formula is C6H6N2. The summed E-state index contributed by atoms with van der Waals surface area (Å²) in [6.07, 6.45) is 2.99. The molecule has 0 bridgehead atoms. The van der Waals surface area contributed by atoms with Gasteiger partial charge in [-0.25, -0.2) is 0 Å². The van der Waals surface area contributed by atoms with Gasteiger partial charge in [0.15, 0.2) is 0 Å². The third kappa shape index (κ3) is 1.93. The van der Waals surface area contributed by atoms with Gasteiger partial charge in [-0.2, -0.15) is 5.26 Å². The molecule has 0 radical (unpaired) electrons. The molecule has 0 atom stereocenters. The summed E-state index contributed by atoms with van der Waals surface area (Å²) < 4.78 is 0. The fourth-order valence-corrected chi connectivity index (χ4v) is 0.237. The van der Waals surface area contributed by atoms with Crippen molar-refractivity contribution in [2.24, 2.45) is 4.99 Å². The van der Waals surface area contributed by atoms with E-state index in [2.05, 4.69) is 18.3 Å². The molecule has 8 heavy (non-hydrogen) atoms. The lowest BCUT2D eigenvalue weighted by Gasteiger charge is -1.76. The Bertz CT molecular complexity index is 160. The van der Waals surface area contributed by atoms with Gasteiger partial charge in [0.25, 0.3) is 0 Å². The molecule has 2 heteroatoms. The smallest absolute Gasteiger partial charge is 0.139 e. The highest BCUT2D eigenvalue weighted by Crippen LogP contribution is 1.90. The normalized spacial score (nSPS) is 9.62. The van der Waals surface area contributed by atoms with Gasteiger partial charge in [0, 0.05) is 0 Å². The van der Waals surface area contributed by atoms with Crippen LogP contribution in [0, 0.1) is 11.3 Å². The molecule has 0 fully saturated rings. The minimum atomic E-state index is 0.292. The van der Waals surface area contributed by atoms with Crippen molar-refractivity contribution in [3.63, 3.8) is 0 Å². The van der Waals surface area contributed by atoms with E-state index in [9.17, 15) is 0 Å². The maximum atomic E-state index is 8.16. The summed E-state index contributed by atoms with van der Waals surface area (Å²) in [7, 11) is 0. The van der Waals surface area contributed by atoms with Gasteiger partial charge in [0.05, 0.1) is 0 Å². The number of allylic oxidation sites excluding steroid dienone is 3. The number of aliphatic imine (C=N–C) groups is 1. The molecule has 0 aliphatic rings. The van der Waals surface area contributed by atoms with E-state index in [4.69, 9.17) is 5.26 Å². The second-order valence-corrected chi connectivity index (χ2v) is 1.06. The van der Waals surface area contributed by atoms with Crippen LogP contribution in [0.1, 0.15) is 0 Å². The monoisotopic (exact) mass is 106 g/mol. The zero-order chi connectivity index (χ0) is 6.41. The van der Waals surface area contributed by atoms with E-state index in [0.29, 0.717) is 5.70 Å². The minimum Gasteiger partial charge on any atom is -0.253 e. The first kappa shape index (κ1) is 6.64. The Morgan fingerprint density at radius 3 is 2.50 bits per heavy atom. The lowest BCUT2D eigenvalue weighted by Crippen LogP contribution is -1.65. The molecule has 0 heterocycles. The number of nitriles is 1. The van der Waals surface area contributed by atoms with Crippen molar-refractivity contribution in [1.82, 2.24) is 0 Å². The summed E-state index contributed by atoms with van der Waals surface area (Å²) in [5.41, 5.74) is 0.292. The van der Waals surface area contributed by atoms with Crippen LogP contribution in [0.4, 0.5) is 0 Å². The molecular weight excluding hydrogens is 100 g/mol. The highest BCUT2D eigenvalue weighted by Gasteiger charge is 1.79. The molecule has 0 spiro atoms. The third-order valence-electron chi connectivity index (χ3n) is 0.561. The minimum absolute atomic E-state index is 0.292. The quantitative estimate of drug-likeness (QED) is 0.297. The molecule has 0 aromatic rings. The standard InChI is InChI=1S/C6H6N2/c1-3-4-6(5-7)8-2/h3-4H,1-2H2. The van der Waals surface area contributed by atoms with Crippen molar-refractivity contribution in [1.29, 1.82) is 5.26 Å². The van der Waals surface area contributed by atoms with E-state index in [1.165, 1.54) is 12.2 Å². The number of nitrogens with zero attached hydrogens (tertiary/aromatic N) is 2. The summed E-state index contributed by atoms with van der Waals surface area (Å²) in [6, 6.07) is 1.81. The predicted octanol–water partition coefficient (Wildman–Crippen LogP) is 1.28. The van der Waals surface area contributed by atoms with Gasteiger partial charge < -0.3 is 0 Å². The molecule has 0 rings (SSSR count). The average Bonchev–Trinajstić information content (AvgIpc) is 1.83. The maximum Gasteiger partial charge on any atom is 0.139 e. The van der Waals surface area contributed by atoms with Crippen LogP contribution in [-0.4, -0.2) is 6.72 Å². The van der Waals surface area contributed by atoms with E-state index in [0.717, 1.165) is 0 Å². The molecule has 0 unspecified atom stereocenters. The van der Waals surface area contributed by atoms with Gasteiger partial charge in [-0.15, -0.1) is 0 Å². The Morgan fingerprint density at radius 2 is 2.38 bits per heavy atom. The van der Waals surface area contributed by atoms with Crippen LogP contribution in [-0.2, 0) is 0 Å². The number of hydrogen-bond donors (Lipinski definition) is 0. The van der Waals surface area contributed by atoms with Gasteiger partial charge in [-0.1, -0.05) is 12.7 Å². The molecule has 0 N–H and O–H groups in total. The Hall–Kier alpha value is -1.36. The van der Waals surface area contributed by atoms with Crippen LogP contribution in [0.5, 0.6) is 0 Å². The van der Waals surface area contributed by atoms with E-state index in [1.54, 1.807) is 0 Å². The lowest BCUT2D eigenvalue weighted by molar-refractivity contribution is 1.40. The summed E-state index contributed by atoms with van der Waals surface area (Å²) in [4.78, 5) is 3.38. The van der Waals surface area contributed by atoms with Crippen molar-refractivity contribution in [2.75, 3.05) is 0 Å². The Balaban J connectivity index is 4.12. The van der Waals surface area contributed by atoms with Crippen molar-refractivity contribution in [3.8, 4) is 6.07 Å². The number of rotatable bonds is 2. The highest BCUT2D eigenvalue weighted by molar-refractivity contribution is 5.35. The lowest BCUT2D eigenvalue weighted by atomic mass is 10.4. The van der Waals surface area contributed by atoms with Crippen molar-refractivity contribution in [2.45, 2.75) is 0 Å². The predicted molar refractivity (Wildman–Crippen MR) is 33.4 cm³/mol. The Morgan fingerprint density at radius 1 is 1.75 bits per heavy atom. The molecule has 0 amide bonds. The maximum absolute atomic E-state index is 8.16. The van der Waals surface area contributed by atoms with Crippen LogP contribution in [0.2, 0.25) is 0 Å². The summed E-state index contributed by atoms with van der Waals surface area (Å²) in [5, 5.41) is 8.16. The van der Waals surface area contributed by atoms with E-state index >= 15 is 0 Å². The van der Waals surface area contributed by atoms with Gasteiger partial charge in [0.2, 0.25) is 0 Å². The number of hydrogen-bond acceptors (Lipinski definition) is 2. The summed E-state index contributed by atoms with van der Waals surface area (Å²) in [5.74, 6) is 0. The molecule has 2 nitrogen and oxygen atoms in total. The van der Waals surface area contributed by atoms with Gasteiger partial charge >= 0.3 is 0 Å². The molecule has 0 aliphatic carbocycles. The molecule has 40 valence electrons. The third-order valence-corrected chi connectivity index (χ3v) is 0.561. The van der Waals surface area contributed by atoms with Gasteiger partial charge in [-0.05, 0) is 12.8 Å². The van der Waals surface area contributed by atoms with Crippen molar-refractivity contribution >= 4 is 6.72 Å². The van der Waals surface area contributed by atoms with Crippen LogP contribution in [0.3, 0.4) is 0 Å². The zero-order valence-corrected chi connectivity index (χ0v) is 4.46. The first-order valence-electron chi connectivity index (χ1n) is 2.04. The van der Waals surface area contributed by atoms with Crippen molar-refractivity contribution < 1.29 is 0 Å². The molecule has 0 saturated heterocycles. The highest BCUT2D eigenvalue weighted by atomic mass is 14.7. The van der Waals surface area contributed by atoms with Gasteiger partial charge in [-0.3, -0.25) is 4.99 Å². The van der Waals surface area contributed by atoms with E-state index in [1.807, 2.05) is 6.07 Å². The van der Waals surface area contributed by atoms with Crippen LogP contribution in [0.15, 0.2) is 29.4 Å². The largest absolute Gasteiger partial charge is 0.253 e. The Labute approximate surface area is 48.5 Å². The van der Waals surface area contributed by atoms with E-state index < -0.39 is 0 Å². The topological polar surface area (TPSA) is 36.1 Å². The summed E-state index contributed by atoms with van der Waals surface area (Å²) >= 11 is 0. The average molecular weight is 106 g/mol. The fraction of sp³-hybridized carbons (Fsp3) is 0. The molecule has 0 saturated carbocycles. The Kier molecular flexibility index (Phi) is 3.17. The van der Waals surface area contributed by atoms with Crippen molar-refractivity contribution in [3.05, 3.63) is 24.4 Å². The van der Waals surface area contributed by atoms with Gasteiger partial charge in [0.1, 0.15) is 11.8 Å². The second kappa shape index (κ2) is 3.82. The molecule has 0 aromatic carbocycles. The molecule has 0 aliphatic heterocycles. The zero-order valence-electron chi connectivity index (χ0n) is 4.46. The summed E-state index contributed by atoms with van der Waals surface area (Å²) in [6.45, 7) is 6.54. The van der Waals surface area contributed by atoms with Crippen LogP contribution < -0.4 is 0 Å². The second-order valence-electron chi connectivity index (χ2n) is 1.06. The van der Waals surface area contributed by atoms with Crippen LogP contribution >= 0.6 is 0 Å².